The van der Waals surface area contributed by atoms with Crippen molar-refractivity contribution in [3.63, 3.8) is 0 Å². The summed E-state index contributed by atoms with van der Waals surface area (Å²) in [6, 6.07) is 7.95. The maximum absolute atomic E-state index is 11.0. The van der Waals surface area contributed by atoms with Crippen molar-refractivity contribution in [1.82, 2.24) is 4.90 Å². The van der Waals surface area contributed by atoms with Gasteiger partial charge >= 0.3 is 5.97 Å². The molecule has 1 aromatic carbocycles. The highest BCUT2D eigenvalue weighted by molar-refractivity contribution is 5.69. The van der Waals surface area contributed by atoms with Gasteiger partial charge < -0.3 is 14.7 Å². The molecule has 23 heavy (non-hydrogen) atoms. The third kappa shape index (κ3) is 4.88. The third-order valence-electron chi connectivity index (χ3n) is 4.02. The first-order chi connectivity index (χ1) is 10.8. The van der Waals surface area contributed by atoms with Gasteiger partial charge in [-0.05, 0) is 47.6 Å². The van der Waals surface area contributed by atoms with E-state index in [4.69, 9.17) is 9.84 Å². The van der Waals surface area contributed by atoms with E-state index >= 15 is 0 Å². The van der Waals surface area contributed by atoms with Crippen molar-refractivity contribution >= 4 is 12.0 Å². The molecule has 1 aromatic rings. The van der Waals surface area contributed by atoms with E-state index in [0.29, 0.717) is 0 Å². The zero-order valence-electron chi connectivity index (χ0n) is 14.3. The lowest BCUT2D eigenvalue weighted by Crippen LogP contribution is -2.30. The minimum Gasteiger partial charge on any atom is -0.497 e. The largest absolute Gasteiger partial charge is 0.497 e. The smallest absolute Gasteiger partial charge is 0.323 e. The zero-order chi connectivity index (χ0) is 17.0. The molecule has 1 aliphatic rings. The van der Waals surface area contributed by atoms with Gasteiger partial charge in [0.25, 0.3) is 0 Å². The van der Waals surface area contributed by atoms with Crippen LogP contribution in [0.4, 0.5) is 0 Å². The van der Waals surface area contributed by atoms with Gasteiger partial charge in [0.1, 0.15) is 12.3 Å². The quantitative estimate of drug-likeness (QED) is 0.898. The highest BCUT2D eigenvalue weighted by Crippen LogP contribution is 2.39. The van der Waals surface area contributed by atoms with Crippen LogP contribution in [0.25, 0.3) is 6.08 Å². The number of hydrogen-bond acceptors (Lipinski definition) is 3. The number of ether oxygens (including phenoxy) is 1. The standard InChI is InChI=1S/C19H25NO3/c1-19(2)11-15(9-14-5-7-17(23-4)8-6-14)10-16(12-19)20(3)13-18(21)22/h5-10H,11-13H2,1-4H3,(H,21,22)/b15-9-. The van der Waals surface area contributed by atoms with Gasteiger partial charge in [0.2, 0.25) is 0 Å². The first-order valence-electron chi connectivity index (χ1n) is 7.77. The molecule has 0 spiro atoms. The third-order valence-corrected chi connectivity index (χ3v) is 4.02. The predicted octanol–water partition coefficient (Wildman–Crippen LogP) is 3.80. The Morgan fingerprint density at radius 2 is 1.96 bits per heavy atom. The molecule has 124 valence electrons. The summed E-state index contributed by atoms with van der Waals surface area (Å²) in [7, 11) is 3.50. The van der Waals surface area contributed by atoms with Crippen LogP contribution in [0.15, 0.2) is 41.6 Å². The second kappa shape index (κ2) is 6.90. The Labute approximate surface area is 138 Å². The van der Waals surface area contributed by atoms with Crippen molar-refractivity contribution in [2.45, 2.75) is 26.7 Å². The van der Waals surface area contributed by atoms with E-state index < -0.39 is 5.97 Å². The van der Waals surface area contributed by atoms with E-state index in [9.17, 15) is 4.79 Å². The molecule has 4 heteroatoms. The van der Waals surface area contributed by atoms with Crippen molar-refractivity contribution in [3.8, 4) is 5.75 Å². The zero-order valence-corrected chi connectivity index (χ0v) is 14.3. The topological polar surface area (TPSA) is 49.8 Å². The lowest BCUT2D eigenvalue weighted by molar-refractivity contribution is -0.137. The number of nitrogens with zero attached hydrogens (tertiary/aromatic N) is 1. The summed E-state index contributed by atoms with van der Waals surface area (Å²) in [4.78, 5) is 12.8. The van der Waals surface area contributed by atoms with Crippen LogP contribution in [-0.4, -0.2) is 36.7 Å². The van der Waals surface area contributed by atoms with E-state index in [0.717, 1.165) is 29.9 Å². The van der Waals surface area contributed by atoms with Gasteiger partial charge in [-0.2, -0.15) is 0 Å². The molecule has 1 aliphatic carbocycles. The van der Waals surface area contributed by atoms with Crippen molar-refractivity contribution in [2.75, 3.05) is 20.7 Å². The van der Waals surface area contributed by atoms with E-state index in [1.807, 2.05) is 36.2 Å². The number of hydrogen-bond donors (Lipinski definition) is 1. The molecule has 0 saturated heterocycles. The number of carboxylic acids is 1. The van der Waals surface area contributed by atoms with Crippen molar-refractivity contribution in [3.05, 3.63) is 47.2 Å². The number of benzene rings is 1. The predicted molar refractivity (Wildman–Crippen MR) is 92.3 cm³/mol. The Morgan fingerprint density at radius 3 is 2.52 bits per heavy atom. The highest BCUT2D eigenvalue weighted by atomic mass is 16.5. The molecule has 1 N–H and O–H groups in total. The molecule has 0 fully saturated rings. The lowest BCUT2D eigenvalue weighted by atomic mass is 9.76. The Kier molecular flexibility index (Phi) is 5.14. The first kappa shape index (κ1) is 17.1. The summed E-state index contributed by atoms with van der Waals surface area (Å²) in [6.07, 6.45) is 6.15. The molecule has 0 heterocycles. The fourth-order valence-electron chi connectivity index (χ4n) is 2.98. The average Bonchev–Trinajstić information content (AvgIpc) is 2.45. The molecular formula is C19H25NO3. The van der Waals surface area contributed by atoms with Crippen LogP contribution in [0, 0.1) is 5.41 Å². The summed E-state index contributed by atoms with van der Waals surface area (Å²) in [6.45, 7) is 4.46. The van der Waals surface area contributed by atoms with E-state index in [1.54, 1.807) is 7.11 Å². The van der Waals surface area contributed by atoms with Crippen LogP contribution in [0.2, 0.25) is 0 Å². The molecule has 0 radical (unpaired) electrons. The molecular weight excluding hydrogens is 290 g/mol. The number of rotatable bonds is 5. The molecule has 0 atom stereocenters. The van der Waals surface area contributed by atoms with Crippen LogP contribution >= 0.6 is 0 Å². The summed E-state index contributed by atoms with van der Waals surface area (Å²) in [5, 5.41) is 9.00. The number of aliphatic carboxylic acids is 1. The van der Waals surface area contributed by atoms with E-state index in [-0.39, 0.29) is 12.0 Å². The normalized spacial score (nSPS) is 18.4. The highest BCUT2D eigenvalue weighted by Gasteiger charge is 2.27. The Bertz CT molecular complexity index is 627. The Balaban J connectivity index is 2.27. The summed E-state index contributed by atoms with van der Waals surface area (Å²) >= 11 is 0. The van der Waals surface area contributed by atoms with E-state index in [2.05, 4.69) is 26.0 Å². The van der Waals surface area contributed by atoms with Gasteiger partial charge in [0, 0.05) is 12.7 Å². The molecule has 0 bridgehead atoms. The van der Waals surface area contributed by atoms with Crippen LogP contribution in [-0.2, 0) is 4.79 Å². The number of carboxylic acid groups (broad SMARTS) is 1. The molecule has 0 aromatic heterocycles. The SMILES string of the molecule is COc1ccc(/C=C2/C=C(N(C)CC(=O)O)CC(C)(C)C2)cc1. The molecule has 0 saturated carbocycles. The van der Waals surface area contributed by atoms with Crippen molar-refractivity contribution in [2.24, 2.45) is 5.41 Å². The van der Waals surface area contributed by atoms with Crippen LogP contribution in [0.5, 0.6) is 5.75 Å². The fourth-order valence-corrected chi connectivity index (χ4v) is 2.98. The summed E-state index contributed by atoms with van der Waals surface area (Å²) < 4.78 is 5.18. The lowest BCUT2D eigenvalue weighted by Gasteiger charge is -2.35. The van der Waals surface area contributed by atoms with Gasteiger partial charge in [-0.15, -0.1) is 0 Å². The molecule has 0 aliphatic heterocycles. The minimum absolute atomic E-state index is 0.0255. The Morgan fingerprint density at radius 1 is 1.30 bits per heavy atom. The van der Waals surface area contributed by atoms with Crippen LogP contribution in [0.1, 0.15) is 32.3 Å². The maximum atomic E-state index is 11.0. The van der Waals surface area contributed by atoms with Crippen molar-refractivity contribution < 1.29 is 14.6 Å². The fraction of sp³-hybridized carbons (Fsp3) is 0.421. The van der Waals surface area contributed by atoms with Crippen LogP contribution < -0.4 is 4.74 Å². The summed E-state index contributed by atoms with van der Waals surface area (Å²) in [5.74, 6) is 0.0333. The minimum atomic E-state index is -0.808. The second-order valence-electron chi connectivity index (χ2n) is 6.90. The Hall–Kier alpha value is -2.23. The summed E-state index contributed by atoms with van der Waals surface area (Å²) in [5.41, 5.74) is 3.53. The number of methoxy groups -OCH3 is 1. The van der Waals surface area contributed by atoms with Crippen molar-refractivity contribution in [1.29, 1.82) is 0 Å². The molecule has 0 unspecified atom stereocenters. The van der Waals surface area contributed by atoms with Crippen LogP contribution in [0.3, 0.4) is 0 Å². The van der Waals surface area contributed by atoms with Gasteiger partial charge in [-0.3, -0.25) is 4.79 Å². The van der Waals surface area contributed by atoms with Gasteiger partial charge in [0.15, 0.2) is 0 Å². The van der Waals surface area contributed by atoms with Gasteiger partial charge in [-0.25, -0.2) is 0 Å². The second-order valence-corrected chi connectivity index (χ2v) is 6.90. The number of allylic oxidation sites excluding steroid dienone is 3. The maximum Gasteiger partial charge on any atom is 0.323 e. The van der Waals surface area contributed by atoms with Gasteiger partial charge in [-0.1, -0.05) is 32.1 Å². The number of likely N-dealkylation sites (N-methyl/N-ethyl adjacent to an activating group) is 1. The molecule has 0 amide bonds. The average molecular weight is 315 g/mol. The van der Waals surface area contributed by atoms with E-state index in [1.165, 1.54) is 5.57 Å². The van der Waals surface area contributed by atoms with Gasteiger partial charge in [0.05, 0.1) is 7.11 Å². The monoisotopic (exact) mass is 315 g/mol. The number of carbonyl (C=O) groups is 1. The molecule has 4 nitrogen and oxygen atoms in total. The first-order valence-corrected chi connectivity index (χ1v) is 7.77. The molecule has 2 rings (SSSR count).